The molecule has 1 fully saturated rings. The summed E-state index contributed by atoms with van der Waals surface area (Å²) in [4.78, 5) is 16.5. The summed E-state index contributed by atoms with van der Waals surface area (Å²) in [5, 5.41) is 0. The molecular weight excluding hydrogens is 236 g/mol. The minimum atomic E-state index is 0.304. The molecule has 0 bridgehead atoms. The van der Waals surface area contributed by atoms with Crippen molar-refractivity contribution in [2.45, 2.75) is 39.2 Å². The molecule has 1 aromatic rings. The van der Waals surface area contributed by atoms with Gasteiger partial charge in [0.25, 0.3) is 0 Å². The van der Waals surface area contributed by atoms with Crippen molar-refractivity contribution in [3.63, 3.8) is 0 Å². The lowest BCUT2D eigenvalue weighted by atomic mass is 10.1. The van der Waals surface area contributed by atoms with Crippen LogP contribution in [0.2, 0.25) is 0 Å². The van der Waals surface area contributed by atoms with E-state index >= 15 is 0 Å². The molecule has 1 amide bonds. The molecule has 0 radical (unpaired) electrons. The van der Waals surface area contributed by atoms with Gasteiger partial charge in [-0.25, -0.2) is 0 Å². The van der Waals surface area contributed by atoms with Crippen LogP contribution >= 0.6 is 0 Å². The number of nitrogens with zero attached hydrogens (tertiary/aromatic N) is 2. The minimum absolute atomic E-state index is 0.304. The van der Waals surface area contributed by atoms with E-state index < -0.39 is 0 Å². The van der Waals surface area contributed by atoms with Crippen LogP contribution in [-0.4, -0.2) is 36.5 Å². The number of carbonyl (C=O) groups is 1. The van der Waals surface area contributed by atoms with Crippen molar-refractivity contribution >= 4 is 11.6 Å². The Morgan fingerprint density at radius 1 is 1.26 bits per heavy atom. The number of unbranched alkanes of at least 4 members (excludes halogenated alkanes) is 1. The molecule has 19 heavy (non-hydrogen) atoms. The Balaban J connectivity index is 1.93. The SMILES string of the molecule is CCCCC(=O)N1CCN(c2ccccc2)CC1C. The van der Waals surface area contributed by atoms with E-state index in [2.05, 4.69) is 47.9 Å². The number of para-hydroxylation sites is 1. The van der Waals surface area contributed by atoms with Crippen LogP contribution in [0.4, 0.5) is 5.69 Å². The van der Waals surface area contributed by atoms with Crippen LogP contribution in [0, 0.1) is 0 Å². The molecule has 1 heterocycles. The van der Waals surface area contributed by atoms with E-state index in [1.807, 2.05) is 6.07 Å². The van der Waals surface area contributed by atoms with Crippen molar-refractivity contribution in [3.05, 3.63) is 30.3 Å². The van der Waals surface area contributed by atoms with Crippen molar-refractivity contribution in [2.75, 3.05) is 24.5 Å². The highest BCUT2D eigenvalue weighted by Crippen LogP contribution is 2.19. The molecule has 2 rings (SSSR count). The number of piperazine rings is 1. The summed E-state index contributed by atoms with van der Waals surface area (Å²) in [6.07, 6.45) is 2.79. The predicted octanol–water partition coefficient (Wildman–Crippen LogP) is 2.91. The fourth-order valence-corrected chi connectivity index (χ4v) is 2.67. The van der Waals surface area contributed by atoms with Gasteiger partial charge in [0.2, 0.25) is 5.91 Å². The quantitative estimate of drug-likeness (QED) is 0.831. The Kier molecular flexibility index (Phi) is 4.83. The largest absolute Gasteiger partial charge is 0.368 e. The van der Waals surface area contributed by atoms with Gasteiger partial charge < -0.3 is 9.80 Å². The second-order valence-electron chi connectivity index (χ2n) is 5.32. The highest BCUT2D eigenvalue weighted by molar-refractivity contribution is 5.76. The summed E-state index contributed by atoms with van der Waals surface area (Å²) in [7, 11) is 0. The summed E-state index contributed by atoms with van der Waals surface area (Å²) in [5.41, 5.74) is 1.26. The summed E-state index contributed by atoms with van der Waals surface area (Å²) >= 11 is 0. The second kappa shape index (κ2) is 6.60. The molecule has 1 aromatic carbocycles. The fourth-order valence-electron chi connectivity index (χ4n) is 2.67. The zero-order valence-electron chi connectivity index (χ0n) is 12.0. The maximum Gasteiger partial charge on any atom is 0.222 e. The number of anilines is 1. The molecule has 1 saturated heterocycles. The highest BCUT2D eigenvalue weighted by Gasteiger charge is 2.26. The van der Waals surface area contributed by atoms with Gasteiger partial charge in [-0.05, 0) is 25.5 Å². The smallest absolute Gasteiger partial charge is 0.222 e. The van der Waals surface area contributed by atoms with Crippen LogP contribution in [0.5, 0.6) is 0 Å². The minimum Gasteiger partial charge on any atom is -0.368 e. The summed E-state index contributed by atoms with van der Waals surface area (Å²) in [5.74, 6) is 0.321. The molecule has 104 valence electrons. The van der Waals surface area contributed by atoms with Gasteiger partial charge in [0, 0.05) is 37.8 Å². The summed E-state index contributed by atoms with van der Waals surface area (Å²) < 4.78 is 0. The van der Waals surface area contributed by atoms with Crippen molar-refractivity contribution in [3.8, 4) is 0 Å². The number of benzene rings is 1. The van der Waals surface area contributed by atoms with Crippen LogP contribution in [0.25, 0.3) is 0 Å². The second-order valence-corrected chi connectivity index (χ2v) is 5.32. The first-order chi connectivity index (χ1) is 9.22. The molecular formula is C16H24N2O. The molecule has 0 spiro atoms. The summed E-state index contributed by atoms with van der Waals surface area (Å²) in [6.45, 7) is 7.00. The number of amides is 1. The molecule has 1 unspecified atom stereocenters. The van der Waals surface area contributed by atoms with Gasteiger partial charge in [0.05, 0.1) is 0 Å². The van der Waals surface area contributed by atoms with Gasteiger partial charge in [-0.3, -0.25) is 4.79 Å². The lowest BCUT2D eigenvalue weighted by molar-refractivity contribution is -0.133. The van der Waals surface area contributed by atoms with Crippen LogP contribution < -0.4 is 4.90 Å². The van der Waals surface area contributed by atoms with Gasteiger partial charge in [0.1, 0.15) is 0 Å². The van der Waals surface area contributed by atoms with E-state index in [0.717, 1.165) is 32.5 Å². The topological polar surface area (TPSA) is 23.6 Å². The van der Waals surface area contributed by atoms with Crippen molar-refractivity contribution in [2.24, 2.45) is 0 Å². The van der Waals surface area contributed by atoms with Crippen molar-refractivity contribution < 1.29 is 4.79 Å². The average Bonchev–Trinajstić information content (AvgIpc) is 2.45. The Morgan fingerprint density at radius 3 is 2.63 bits per heavy atom. The number of hydrogen-bond acceptors (Lipinski definition) is 2. The monoisotopic (exact) mass is 260 g/mol. The molecule has 1 aliphatic rings. The van der Waals surface area contributed by atoms with Gasteiger partial charge in [0.15, 0.2) is 0 Å². The maximum atomic E-state index is 12.1. The standard InChI is InChI=1S/C16H24N2O/c1-3-4-10-16(19)18-12-11-17(13-14(18)2)15-8-6-5-7-9-15/h5-9,14H,3-4,10-13H2,1-2H3. The third kappa shape index (κ3) is 3.49. The normalized spacial score (nSPS) is 19.6. The molecule has 3 nitrogen and oxygen atoms in total. The van der Waals surface area contributed by atoms with E-state index in [1.54, 1.807) is 0 Å². The molecule has 1 atom stereocenters. The lowest BCUT2D eigenvalue weighted by Crippen LogP contribution is -2.54. The van der Waals surface area contributed by atoms with E-state index in [4.69, 9.17) is 0 Å². The lowest BCUT2D eigenvalue weighted by Gasteiger charge is -2.41. The van der Waals surface area contributed by atoms with Crippen LogP contribution in [0.3, 0.4) is 0 Å². The first-order valence-electron chi connectivity index (χ1n) is 7.32. The van der Waals surface area contributed by atoms with Crippen LogP contribution in [0.1, 0.15) is 33.1 Å². The number of carbonyl (C=O) groups excluding carboxylic acids is 1. The first kappa shape index (κ1) is 13.9. The molecule has 0 saturated carbocycles. The predicted molar refractivity (Wildman–Crippen MR) is 79.4 cm³/mol. The Labute approximate surface area is 116 Å². The highest BCUT2D eigenvalue weighted by atomic mass is 16.2. The van der Waals surface area contributed by atoms with Crippen LogP contribution in [0.15, 0.2) is 30.3 Å². The zero-order chi connectivity index (χ0) is 13.7. The van der Waals surface area contributed by atoms with E-state index in [0.29, 0.717) is 18.4 Å². The molecule has 0 aliphatic carbocycles. The third-order valence-corrected chi connectivity index (χ3v) is 3.81. The average molecular weight is 260 g/mol. The third-order valence-electron chi connectivity index (χ3n) is 3.81. The van der Waals surface area contributed by atoms with Crippen LogP contribution in [-0.2, 0) is 4.79 Å². The van der Waals surface area contributed by atoms with Gasteiger partial charge in [-0.2, -0.15) is 0 Å². The first-order valence-corrected chi connectivity index (χ1v) is 7.32. The number of hydrogen-bond donors (Lipinski definition) is 0. The molecule has 3 heteroatoms. The molecule has 1 aliphatic heterocycles. The zero-order valence-corrected chi connectivity index (χ0v) is 12.0. The Hall–Kier alpha value is -1.51. The molecule has 0 N–H and O–H groups in total. The van der Waals surface area contributed by atoms with Gasteiger partial charge in [-0.1, -0.05) is 31.5 Å². The van der Waals surface area contributed by atoms with E-state index in [-0.39, 0.29) is 0 Å². The summed E-state index contributed by atoms with van der Waals surface area (Å²) in [6, 6.07) is 10.8. The van der Waals surface area contributed by atoms with Gasteiger partial charge in [-0.15, -0.1) is 0 Å². The van der Waals surface area contributed by atoms with Crippen molar-refractivity contribution in [1.29, 1.82) is 0 Å². The Bertz CT molecular complexity index is 404. The maximum absolute atomic E-state index is 12.1. The number of rotatable bonds is 4. The Morgan fingerprint density at radius 2 is 2.00 bits per heavy atom. The van der Waals surface area contributed by atoms with Crippen molar-refractivity contribution in [1.82, 2.24) is 4.90 Å². The van der Waals surface area contributed by atoms with E-state index in [1.165, 1.54) is 5.69 Å². The molecule has 0 aromatic heterocycles. The fraction of sp³-hybridized carbons (Fsp3) is 0.562. The van der Waals surface area contributed by atoms with E-state index in [9.17, 15) is 4.79 Å². The van der Waals surface area contributed by atoms with Gasteiger partial charge >= 0.3 is 0 Å².